The van der Waals surface area contributed by atoms with Gasteiger partial charge in [-0.3, -0.25) is 0 Å². The Hall–Kier alpha value is -2.09. The van der Waals surface area contributed by atoms with Crippen molar-refractivity contribution < 1.29 is 19.8 Å². The summed E-state index contributed by atoms with van der Waals surface area (Å²) in [5.74, 6) is -1.87. The highest BCUT2D eigenvalue weighted by Gasteiger charge is 2.03. The number of rotatable bonds is 4. The molecule has 0 aliphatic rings. The van der Waals surface area contributed by atoms with Gasteiger partial charge >= 0.3 is 11.9 Å². The Labute approximate surface area is 174 Å². The lowest BCUT2D eigenvalue weighted by Crippen LogP contribution is -1.92. The number of carbonyl (C=O) groups is 2. The molecule has 0 saturated heterocycles. The Kier molecular flexibility index (Phi) is 12.1. The number of thiol groups is 2. The number of hydrogen-bond donors (Lipinski definition) is 4. The van der Waals surface area contributed by atoms with Crippen molar-refractivity contribution in [3.8, 4) is 0 Å². The van der Waals surface area contributed by atoms with Crippen molar-refractivity contribution >= 4 is 49.0 Å². The molecule has 144 valence electrons. The van der Waals surface area contributed by atoms with Crippen LogP contribution in [0, 0.1) is 0 Å². The maximum Gasteiger partial charge on any atom is 0.330 e. The van der Waals surface area contributed by atoms with E-state index in [0.717, 1.165) is 14.7 Å². The summed E-state index contributed by atoms with van der Waals surface area (Å²) >= 11 is 10.5. The Balaban J connectivity index is 0.000000470. The van der Waals surface area contributed by atoms with Crippen molar-refractivity contribution in [3.63, 3.8) is 0 Å². The molecule has 0 heterocycles. The van der Waals surface area contributed by atoms with Gasteiger partial charge in [-0.2, -0.15) is 0 Å². The van der Waals surface area contributed by atoms with E-state index in [1.54, 1.807) is 11.8 Å². The van der Waals surface area contributed by atoms with Gasteiger partial charge in [-0.15, -0.1) is 25.3 Å². The molecule has 7 heteroatoms. The molecule has 0 atom stereocenters. The fraction of sp³-hybridized carbons (Fsp3) is 0.100. The average Bonchev–Trinajstić information content (AvgIpc) is 2.61. The summed E-state index contributed by atoms with van der Waals surface area (Å²) in [5.41, 5.74) is 0.352. The fourth-order valence-electron chi connectivity index (χ4n) is 1.21. The Morgan fingerprint density at radius 1 is 0.852 bits per heavy atom. The highest BCUT2D eigenvalue weighted by molar-refractivity contribution is 7.99. The van der Waals surface area contributed by atoms with Crippen molar-refractivity contribution in [2.24, 2.45) is 0 Å². The largest absolute Gasteiger partial charge is 0.478 e. The molecule has 0 amide bonds. The van der Waals surface area contributed by atoms with Gasteiger partial charge in [0.1, 0.15) is 0 Å². The summed E-state index contributed by atoms with van der Waals surface area (Å²) < 4.78 is 0. The first-order valence-electron chi connectivity index (χ1n) is 7.57. The summed E-state index contributed by atoms with van der Waals surface area (Å²) in [6.07, 6.45) is 0. The highest BCUT2D eigenvalue weighted by Crippen LogP contribution is 2.34. The van der Waals surface area contributed by atoms with Crippen molar-refractivity contribution in [1.82, 2.24) is 0 Å². The van der Waals surface area contributed by atoms with Crippen LogP contribution in [0.25, 0.3) is 0 Å². The molecule has 0 aliphatic carbocycles. The molecule has 2 aromatic rings. The number of aliphatic carboxylic acids is 2. The van der Waals surface area contributed by atoms with E-state index in [9.17, 15) is 9.59 Å². The van der Waals surface area contributed by atoms with Crippen molar-refractivity contribution in [3.05, 3.63) is 72.8 Å². The number of benzene rings is 2. The van der Waals surface area contributed by atoms with E-state index in [-0.39, 0.29) is 11.1 Å². The Morgan fingerprint density at radius 3 is 1.70 bits per heavy atom. The normalized spacial score (nSPS) is 9.04. The SMILES string of the molecule is C=C(C)C(=O)O.C=C(C)C(=O)O.Sc1cccc(Sc2ccccc2)c1S. The highest BCUT2D eigenvalue weighted by atomic mass is 32.2. The molecule has 2 N–H and O–H groups in total. The minimum Gasteiger partial charge on any atom is -0.478 e. The zero-order valence-corrected chi connectivity index (χ0v) is 17.7. The molecule has 27 heavy (non-hydrogen) atoms. The van der Waals surface area contributed by atoms with Gasteiger partial charge in [-0.05, 0) is 38.1 Å². The summed E-state index contributed by atoms with van der Waals surface area (Å²) in [4.78, 5) is 23.4. The van der Waals surface area contributed by atoms with E-state index >= 15 is 0 Å². The van der Waals surface area contributed by atoms with Gasteiger partial charge in [0, 0.05) is 30.7 Å². The third-order valence-corrected chi connectivity index (χ3v) is 4.93. The summed E-state index contributed by atoms with van der Waals surface area (Å²) in [7, 11) is 0. The van der Waals surface area contributed by atoms with Crippen LogP contribution >= 0.6 is 37.0 Å². The Bertz CT molecular complexity index is 754. The zero-order valence-electron chi connectivity index (χ0n) is 15.0. The molecule has 0 unspecified atom stereocenters. The molecule has 0 fully saturated rings. The molecule has 0 radical (unpaired) electrons. The second kappa shape index (κ2) is 13.1. The van der Waals surface area contributed by atoms with Crippen molar-refractivity contribution in [2.75, 3.05) is 0 Å². The van der Waals surface area contributed by atoms with E-state index < -0.39 is 11.9 Å². The first-order chi connectivity index (χ1) is 12.6. The second-order valence-corrected chi connectivity index (χ2v) is 7.25. The van der Waals surface area contributed by atoms with Crippen LogP contribution in [0.5, 0.6) is 0 Å². The third-order valence-electron chi connectivity index (χ3n) is 2.68. The maximum atomic E-state index is 9.60. The second-order valence-electron chi connectivity index (χ2n) is 5.21. The minimum absolute atomic E-state index is 0.176. The lowest BCUT2D eigenvalue weighted by molar-refractivity contribution is -0.133. The van der Waals surface area contributed by atoms with Crippen LogP contribution in [0.1, 0.15) is 13.8 Å². The molecule has 0 aromatic heterocycles. The number of hydrogen-bond acceptors (Lipinski definition) is 5. The van der Waals surface area contributed by atoms with Gasteiger partial charge in [0.05, 0.1) is 0 Å². The quantitative estimate of drug-likeness (QED) is 0.375. The minimum atomic E-state index is -0.935. The van der Waals surface area contributed by atoms with Gasteiger partial charge in [0.2, 0.25) is 0 Å². The molecule has 0 aliphatic heterocycles. The van der Waals surface area contributed by atoms with Gasteiger partial charge in [0.25, 0.3) is 0 Å². The number of carboxylic acids is 2. The van der Waals surface area contributed by atoms with E-state index in [2.05, 4.69) is 56.6 Å². The van der Waals surface area contributed by atoms with Gasteiger partial charge < -0.3 is 10.2 Å². The molecule has 0 spiro atoms. The standard InChI is InChI=1S/C12H10S3.2C4H6O2/c13-10-7-4-8-11(12(10)14)15-9-5-2-1-3-6-9;2*1-3(2)4(5)6/h1-8,13-14H;2*1H2,2H3,(H,5,6). The van der Waals surface area contributed by atoms with Crippen molar-refractivity contribution in [2.45, 2.75) is 33.4 Å². The summed E-state index contributed by atoms with van der Waals surface area (Å²) in [6, 6.07) is 16.2. The summed E-state index contributed by atoms with van der Waals surface area (Å²) in [5, 5.41) is 15.8. The van der Waals surface area contributed by atoms with Crippen LogP contribution in [0.15, 0.2) is 92.4 Å². The smallest absolute Gasteiger partial charge is 0.330 e. The van der Waals surface area contributed by atoms with E-state index in [0.29, 0.717) is 0 Å². The van der Waals surface area contributed by atoms with Crippen LogP contribution in [-0.2, 0) is 9.59 Å². The molecule has 2 rings (SSSR count). The number of carboxylic acid groups (broad SMARTS) is 2. The van der Waals surface area contributed by atoms with E-state index in [1.165, 1.54) is 18.7 Å². The van der Waals surface area contributed by atoms with Gasteiger partial charge in [0.15, 0.2) is 0 Å². The summed E-state index contributed by atoms with van der Waals surface area (Å²) in [6.45, 7) is 9.20. The van der Waals surface area contributed by atoms with Crippen molar-refractivity contribution in [1.29, 1.82) is 0 Å². The molecule has 4 nitrogen and oxygen atoms in total. The molecule has 0 saturated carbocycles. The predicted molar refractivity (Wildman–Crippen MR) is 116 cm³/mol. The molecule has 2 aromatic carbocycles. The fourth-order valence-corrected chi connectivity index (χ4v) is 2.68. The molecular weight excluding hydrogens is 400 g/mol. The van der Waals surface area contributed by atoms with Crippen LogP contribution < -0.4 is 0 Å². The van der Waals surface area contributed by atoms with Crippen LogP contribution in [0.4, 0.5) is 0 Å². The third kappa shape index (κ3) is 11.3. The average molecular weight is 423 g/mol. The Morgan fingerprint density at radius 2 is 1.30 bits per heavy atom. The first-order valence-corrected chi connectivity index (χ1v) is 9.28. The molecule has 0 bridgehead atoms. The van der Waals surface area contributed by atoms with E-state index in [1.807, 2.05) is 30.3 Å². The lowest BCUT2D eigenvalue weighted by atomic mass is 10.4. The van der Waals surface area contributed by atoms with Crippen LogP contribution in [0.2, 0.25) is 0 Å². The predicted octanol–water partition coefficient (Wildman–Crippen LogP) is 5.71. The molecular formula is C20H22O4S3. The first kappa shape index (κ1) is 24.9. The van der Waals surface area contributed by atoms with Gasteiger partial charge in [-0.25, -0.2) is 9.59 Å². The monoisotopic (exact) mass is 422 g/mol. The van der Waals surface area contributed by atoms with Crippen LogP contribution in [0.3, 0.4) is 0 Å². The lowest BCUT2D eigenvalue weighted by Gasteiger charge is -2.06. The maximum absolute atomic E-state index is 9.60. The van der Waals surface area contributed by atoms with Gasteiger partial charge in [-0.1, -0.05) is 49.2 Å². The van der Waals surface area contributed by atoms with Crippen LogP contribution in [-0.4, -0.2) is 22.2 Å². The zero-order chi connectivity index (χ0) is 21.0. The van der Waals surface area contributed by atoms with E-state index in [4.69, 9.17) is 10.2 Å². The topological polar surface area (TPSA) is 74.6 Å².